The predicted octanol–water partition coefficient (Wildman–Crippen LogP) is 1.85. The number of nitrogens with zero attached hydrogens (tertiary/aromatic N) is 4. The van der Waals surface area contributed by atoms with Crippen molar-refractivity contribution < 1.29 is 18.7 Å². The van der Waals surface area contributed by atoms with Gasteiger partial charge in [-0.05, 0) is 31.0 Å². The van der Waals surface area contributed by atoms with Gasteiger partial charge in [0.2, 0.25) is 5.91 Å². The minimum Gasteiger partial charge on any atom is -0.442 e. The summed E-state index contributed by atoms with van der Waals surface area (Å²) < 4.78 is 20.0. The summed E-state index contributed by atoms with van der Waals surface area (Å²) in [4.78, 5) is 33.0. The van der Waals surface area contributed by atoms with E-state index in [4.69, 9.17) is 4.74 Å². The standard InChI is InChI=1S/C20H28FN5O3/c1-14(27)22-11-17-12-26(20(28)29-17)16-4-5-19(18(21)10-16)25-8-6-15(7-9-25)23-13-24(2)3/h4-5,10,13,15,17H,6-9,11-12H2,1-3H3,(H,22,27). The second-order valence-electron chi connectivity index (χ2n) is 7.64. The van der Waals surface area contributed by atoms with Crippen molar-refractivity contribution >= 4 is 29.7 Å². The Hall–Kier alpha value is -2.84. The molecule has 2 aliphatic rings. The summed E-state index contributed by atoms with van der Waals surface area (Å²) in [5.41, 5.74) is 0.984. The number of hydrogen-bond donors (Lipinski definition) is 1. The highest BCUT2D eigenvalue weighted by Gasteiger charge is 2.33. The largest absolute Gasteiger partial charge is 0.442 e. The smallest absolute Gasteiger partial charge is 0.414 e. The molecule has 1 aromatic rings. The average Bonchev–Trinajstić information content (AvgIpc) is 3.06. The lowest BCUT2D eigenvalue weighted by Gasteiger charge is -2.32. The average molecular weight is 405 g/mol. The van der Waals surface area contributed by atoms with E-state index in [1.807, 2.05) is 30.2 Å². The van der Waals surface area contributed by atoms with Crippen molar-refractivity contribution in [2.24, 2.45) is 4.99 Å². The number of hydrogen-bond acceptors (Lipinski definition) is 5. The fourth-order valence-electron chi connectivity index (χ4n) is 3.50. The van der Waals surface area contributed by atoms with Gasteiger partial charge in [-0.1, -0.05) is 0 Å². The van der Waals surface area contributed by atoms with Crippen LogP contribution in [-0.4, -0.2) is 75.7 Å². The molecule has 1 N–H and O–H groups in total. The quantitative estimate of drug-likeness (QED) is 0.577. The van der Waals surface area contributed by atoms with Gasteiger partial charge in [-0.25, -0.2) is 9.18 Å². The van der Waals surface area contributed by atoms with Gasteiger partial charge in [0.1, 0.15) is 11.9 Å². The number of carbonyl (C=O) groups is 2. The van der Waals surface area contributed by atoms with E-state index in [1.54, 1.807) is 12.1 Å². The lowest BCUT2D eigenvalue weighted by Crippen LogP contribution is -2.36. The summed E-state index contributed by atoms with van der Waals surface area (Å²) in [5, 5.41) is 2.63. The Bertz CT molecular complexity index is 777. The number of ether oxygens (including phenoxy) is 1. The maximum atomic E-state index is 14.8. The summed E-state index contributed by atoms with van der Waals surface area (Å²) >= 11 is 0. The van der Waals surface area contributed by atoms with Crippen molar-refractivity contribution in [3.8, 4) is 0 Å². The van der Waals surface area contributed by atoms with Gasteiger partial charge in [0.25, 0.3) is 0 Å². The third-order valence-corrected chi connectivity index (χ3v) is 5.01. The first-order valence-corrected chi connectivity index (χ1v) is 9.80. The van der Waals surface area contributed by atoms with Crippen molar-refractivity contribution in [3.63, 3.8) is 0 Å². The molecule has 8 nitrogen and oxygen atoms in total. The molecule has 158 valence electrons. The molecule has 3 rings (SSSR count). The molecule has 0 saturated carbocycles. The van der Waals surface area contributed by atoms with E-state index in [0.29, 0.717) is 11.4 Å². The van der Waals surface area contributed by atoms with Gasteiger partial charge < -0.3 is 19.9 Å². The fourth-order valence-corrected chi connectivity index (χ4v) is 3.50. The number of nitrogens with one attached hydrogen (secondary N) is 1. The molecule has 2 heterocycles. The second-order valence-corrected chi connectivity index (χ2v) is 7.64. The van der Waals surface area contributed by atoms with Gasteiger partial charge in [-0.2, -0.15) is 0 Å². The summed E-state index contributed by atoms with van der Waals surface area (Å²) in [5.74, 6) is -0.554. The molecular formula is C20H28FN5O3. The van der Waals surface area contributed by atoms with Gasteiger partial charge in [0, 0.05) is 34.1 Å². The molecule has 0 bridgehead atoms. The molecule has 0 spiro atoms. The Morgan fingerprint density at radius 1 is 1.38 bits per heavy atom. The summed E-state index contributed by atoms with van der Waals surface area (Å²) in [7, 11) is 3.88. The summed E-state index contributed by atoms with van der Waals surface area (Å²) in [6.07, 6.45) is 2.58. The third kappa shape index (κ3) is 5.36. The molecule has 29 heavy (non-hydrogen) atoms. The van der Waals surface area contributed by atoms with Crippen LogP contribution in [0.3, 0.4) is 0 Å². The molecule has 0 radical (unpaired) electrons. The minimum absolute atomic E-state index is 0.189. The van der Waals surface area contributed by atoms with Crippen molar-refractivity contribution in [2.45, 2.75) is 31.9 Å². The first kappa shape index (κ1) is 20.9. The van der Waals surface area contributed by atoms with Crippen LogP contribution in [0.25, 0.3) is 0 Å². The monoisotopic (exact) mass is 405 g/mol. The number of amides is 2. The number of anilines is 2. The lowest BCUT2D eigenvalue weighted by atomic mass is 10.0. The second kappa shape index (κ2) is 9.11. The highest BCUT2D eigenvalue weighted by Crippen LogP contribution is 2.29. The van der Waals surface area contributed by atoms with Gasteiger partial charge in [0.05, 0.1) is 36.8 Å². The molecule has 2 amide bonds. The molecule has 2 fully saturated rings. The van der Waals surface area contributed by atoms with Crippen LogP contribution in [0, 0.1) is 5.82 Å². The van der Waals surface area contributed by atoms with E-state index in [0.717, 1.165) is 25.9 Å². The number of cyclic esters (lactones) is 1. The SMILES string of the molecule is CC(=O)NCC1CN(c2ccc(N3CCC(N=CN(C)C)CC3)c(F)c2)C(=O)O1. The zero-order valence-electron chi connectivity index (χ0n) is 17.1. The van der Waals surface area contributed by atoms with E-state index in [-0.39, 0.29) is 30.9 Å². The number of piperidine rings is 1. The highest BCUT2D eigenvalue weighted by atomic mass is 19.1. The predicted molar refractivity (Wildman–Crippen MR) is 110 cm³/mol. The molecule has 0 aliphatic carbocycles. The highest BCUT2D eigenvalue weighted by molar-refractivity contribution is 5.90. The van der Waals surface area contributed by atoms with Crippen molar-refractivity contribution in [2.75, 3.05) is 50.1 Å². The molecule has 2 saturated heterocycles. The van der Waals surface area contributed by atoms with Crippen LogP contribution in [0.1, 0.15) is 19.8 Å². The van der Waals surface area contributed by atoms with E-state index in [1.165, 1.54) is 17.9 Å². The first-order chi connectivity index (χ1) is 13.8. The molecule has 1 aromatic carbocycles. The number of rotatable bonds is 6. The topological polar surface area (TPSA) is 77.5 Å². The third-order valence-electron chi connectivity index (χ3n) is 5.01. The fraction of sp³-hybridized carbons (Fsp3) is 0.550. The van der Waals surface area contributed by atoms with Gasteiger partial charge in [-0.3, -0.25) is 14.7 Å². The van der Waals surface area contributed by atoms with Crippen LogP contribution >= 0.6 is 0 Å². The molecule has 1 atom stereocenters. The molecule has 1 unspecified atom stereocenters. The van der Waals surface area contributed by atoms with Crippen LogP contribution in [0.5, 0.6) is 0 Å². The van der Waals surface area contributed by atoms with E-state index in [9.17, 15) is 14.0 Å². The number of carbonyl (C=O) groups excluding carboxylic acids is 2. The van der Waals surface area contributed by atoms with E-state index >= 15 is 0 Å². The molecule has 9 heteroatoms. The first-order valence-electron chi connectivity index (χ1n) is 9.80. The number of halogens is 1. The van der Waals surface area contributed by atoms with Crippen molar-refractivity contribution in [1.29, 1.82) is 0 Å². The van der Waals surface area contributed by atoms with E-state index < -0.39 is 12.2 Å². The van der Waals surface area contributed by atoms with Gasteiger partial charge in [-0.15, -0.1) is 0 Å². The molecular weight excluding hydrogens is 377 g/mol. The molecule has 2 aliphatic heterocycles. The van der Waals surface area contributed by atoms with E-state index in [2.05, 4.69) is 10.3 Å². The van der Waals surface area contributed by atoms with Crippen LogP contribution in [0.2, 0.25) is 0 Å². The number of aliphatic imine (C=N–C) groups is 1. The van der Waals surface area contributed by atoms with Gasteiger partial charge >= 0.3 is 6.09 Å². The van der Waals surface area contributed by atoms with Crippen LogP contribution in [-0.2, 0) is 9.53 Å². The maximum Gasteiger partial charge on any atom is 0.414 e. The Labute approximate surface area is 170 Å². The number of benzene rings is 1. The summed E-state index contributed by atoms with van der Waals surface area (Å²) in [6, 6.07) is 5.07. The van der Waals surface area contributed by atoms with Crippen LogP contribution < -0.4 is 15.1 Å². The minimum atomic E-state index is -0.535. The maximum absolute atomic E-state index is 14.8. The van der Waals surface area contributed by atoms with Crippen LogP contribution in [0.4, 0.5) is 20.6 Å². The van der Waals surface area contributed by atoms with Crippen molar-refractivity contribution in [1.82, 2.24) is 10.2 Å². The summed E-state index contributed by atoms with van der Waals surface area (Å²) in [6.45, 7) is 3.38. The Morgan fingerprint density at radius 2 is 2.10 bits per heavy atom. The zero-order valence-corrected chi connectivity index (χ0v) is 17.1. The Kier molecular flexibility index (Phi) is 6.56. The Morgan fingerprint density at radius 3 is 2.72 bits per heavy atom. The van der Waals surface area contributed by atoms with Crippen LogP contribution in [0.15, 0.2) is 23.2 Å². The lowest BCUT2D eigenvalue weighted by molar-refractivity contribution is -0.119. The Balaban J connectivity index is 1.61. The molecule has 0 aromatic heterocycles. The zero-order chi connectivity index (χ0) is 21.0. The van der Waals surface area contributed by atoms with Crippen molar-refractivity contribution in [3.05, 3.63) is 24.0 Å². The van der Waals surface area contributed by atoms with Gasteiger partial charge in [0.15, 0.2) is 0 Å². The normalized spacial score (nSPS) is 20.3.